The van der Waals surface area contributed by atoms with E-state index in [1.165, 1.54) is 38.8 Å². The van der Waals surface area contributed by atoms with Crippen LogP contribution >= 0.6 is 0 Å². The second-order valence-electron chi connectivity index (χ2n) is 5.86. The maximum absolute atomic E-state index is 5.86. The Morgan fingerprint density at radius 2 is 2.11 bits per heavy atom. The van der Waals surface area contributed by atoms with Crippen LogP contribution < -0.4 is 11.1 Å². The third kappa shape index (κ3) is 3.35. The van der Waals surface area contributed by atoms with E-state index < -0.39 is 0 Å². The summed E-state index contributed by atoms with van der Waals surface area (Å²) in [5.74, 6) is 2.91. The van der Waals surface area contributed by atoms with Gasteiger partial charge >= 0.3 is 0 Å². The molecule has 1 aromatic rings. The van der Waals surface area contributed by atoms with Gasteiger partial charge in [-0.05, 0) is 45.7 Å². The first-order valence-corrected chi connectivity index (χ1v) is 7.34. The minimum atomic E-state index is 0.388. The largest absolute Gasteiger partial charge is 0.384 e. The zero-order valence-electron chi connectivity index (χ0n) is 11.6. The summed E-state index contributed by atoms with van der Waals surface area (Å²) < 4.78 is 0. The summed E-state index contributed by atoms with van der Waals surface area (Å²) in [7, 11) is 0. The highest BCUT2D eigenvalue weighted by atomic mass is 15.2. The third-order valence-electron chi connectivity index (χ3n) is 3.83. The van der Waals surface area contributed by atoms with Crippen LogP contribution in [0.4, 0.5) is 11.6 Å². The molecule has 0 spiro atoms. The molecular weight excluding hydrogens is 238 g/mol. The van der Waals surface area contributed by atoms with Crippen LogP contribution in [0.5, 0.6) is 0 Å². The van der Waals surface area contributed by atoms with Crippen molar-refractivity contribution in [3.8, 4) is 0 Å². The summed E-state index contributed by atoms with van der Waals surface area (Å²) in [5.41, 5.74) is 5.86. The predicted octanol–water partition coefficient (Wildman–Crippen LogP) is 1.83. The molecule has 3 rings (SSSR count). The second-order valence-corrected chi connectivity index (χ2v) is 5.86. The van der Waals surface area contributed by atoms with Crippen LogP contribution in [0.2, 0.25) is 0 Å². The number of nitrogens with zero attached hydrogens (tertiary/aromatic N) is 3. The molecule has 1 unspecified atom stereocenters. The van der Waals surface area contributed by atoms with Gasteiger partial charge in [-0.1, -0.05) is 0 Å². The van der Waals surface area contributed by atoms with Gasteiger partial charge < -0.3 is 16.0 Å². The molecule has 1 aromatic heterocycles. The maximum Gasteiger partial charge on any atom is 0.136 e. The second kappa shape index (κ2) is 5.33. The highest BCUT2D eigenvalue weighted by Crippen LogP contribution is 2.38. The molecule has 0 bridgehead atoms. The van der Waals surface area contributed by atoms with Crippen molar-refractivity contribution in [2.24, 2.45) is 0 Å². The molecule has 5 nitrogen and oxygen atoms in total. The van der Waals surface area contributed by atoms with Gasteiger partial charge in [0.15, 0.2) is 0 Å². The zero-order chi connectivity index (χ0) is 13.2. The van der Waals surface area contributed by atoms with E-state index >= 15 is 0 Å². The number of aromatic nitrogens is 2. The Hall–Kier alpha value is -1.36. The maximum atomic E-state index is 5.86. The Kier molecular flexibility index (Phi) is 3.55. The van der Waals surface area contributed by atoms with Crippen LogP contribution in [0, 0.1) is 0 Å². The Morgan fingerprint density at radius 1 is 1.37 bits per heavy atom. The lowest BCUT2D eigenvalue weighted by Crippen LogP contribution is -2.33. The van der Waals surface area contributed by atoms with Gasteiger partial charge in [0.1, 0.15) is 17.5 Å². The summed E-state index contributed by atoms with van der Waals surface area (Å²) in [4.78, 5) is 11.4. The molecule has 5 heteroatoms. The van der Waals surface area contributed by atoms with Crippen LogP contribution in [-0.4, -0.2) is 40.5 Å². The minimum absolute atomic E-state index is 0.388. The molecule has 104 valence electrons. The van der Waals surface area contributed by atoms with Crippen molar-refractivity contribution in [1.29, 1.82) is 0 Å². The normalized spacial score (nSPS) is 21.5. The summed E-state index contributed by atoms with van der Waals surface area (Å²) >= 11 is 0. The summed E-state index contributed by atoms with van der Waals surface area (Å²) in [6.07, 6.45) is 5.07. The van der Waals surface area contributed by atoms with Crippen molar-refractivity contribution in [2.75, 3.05) is 30.7 Å². The summed E-state index contributed by atoms with van der Waals surface area (Å²) in [5, 5.41) is 3.46. The lowest BCUT2D eigenvalue weighted by molar-refractivity contribution is 0.327. The van der Waals surface area contributed by atoms with Gasteiger partial charge in [-0.15, -0.1) is 0 Å². The Labute approximate surface area is 114 Å². The number of rotatable bonds is 5. The molecule has 1 saturated carbocycles. The van der Waals surface area contributed by atoms with Gasteiger partial charge in [0, 0.05) is 24.6 Å². The molecule has 0 aromatic carbocycles. The molecule has 2 fully saturated rings. The lowest BCUT2D eigenvalue weighted by atomic mass is 10.3. The quantitative estimate of drug-likeness (QED) is 0.846. The zero-order valence-corrected chi connectivity index (χ0v) is 11.6. The minimum Gasteiger partial charge on any atom is -0.384 e. The SMILES string of the molecule is CC(CN1CCCC1)Nc1cc(N)nc(C2CC2)n1. The van der Waals surface area contributed by atoms with E-state index in [1.54, 1.807) is 0 Å². The fourth-order valence-electron chi connectivity index (χ4n) is 2.73. The van der Waals surface area contributed by atoms with Crippen LogP contribution in [0.25, 0.3) is 0 Å². The molecule has 0 radical (unpaired) electrons. The third-order valence-corrected chi connectivity index (χ3v) is 3.83. The van der Waals surface area contributed by atoms with E-state index in [1.807, 2.05) is 6.07 Å². The van der Waals surface area contributed by atoms with Gasteiger partial charge in [-0.2, -0.15) is 0 Å². The highest BCUT2D eigenvalue weighted by molar-refractivity contribution is 5.46. The van der Waals surface area contributed by atoms with Crippen LogP contribution in [-0.2, 0) is 0 Å². The molecule has 1 aliphatic heterocycles. The molecule has 1 aliphatic carbocycles. The molecule has 1 atom stereocenters. The Bertz CT molecular complexity index is 437. The van der Waals surface area contributed by atoms with Gasteiger partial charge in [0.05, 0.1) is 0 Å². The first-order chi connectivity index (χ1) is 9.20. The Balaban J connectivity index is 1.61. The summed E-state index contributed by atoms with van der Waals surface area (Å²) in [6.45, 7) is 5.73. The van der Waals surface area contributed by atoms with E-state index in [0.717, 1.165) is 18.2 Å². The van der Waals surface area contributed by atoms with E-state index in [0.29, 0.717) is 17.8 Å². The van der Waals surface area contributed by atoms with E-state index in [2.05, 4.69) is 27.1 Å². The molecule has 3 N–H and O–H groups in total. The number of nitrogens with one attached hydrogen (secondary N) is 1. The number of hydrogen-bond donors (Lipinski definition) is 2. The van der Waals surface area contributed by atoms with Crippen molar-refractivity contribution < 1.29 is 0 Å². The first-order valence-electron chi connectivity index (χ1n) is 7.34. The average molecular weight is 261 g/mol. The predicted molar refractivity (Wildman–Crippen MR) is 77.2 cm³/mol. The molecule has 0 amide bonds. The Morgan fingerprint density at radius 3 is 2.79 bits per heavy atom. The molecular formula is C14H23N5. The standard InChI is InChI=1S/C14H23N5/c1-10(9-19-6-2-3-7-19)16-13-8-12(15)17-14(18-13)11-4-5-11/h8,10-11H,2-7,9H2,1H3,(H3,15,16,17,18). The highest BCUT2D eigenvalue weighted by Gasteiger charge is 2.27. The fourth-order valence-corrected chi connectivity index (χ4v) is 2.73. The van der Waals surface area contributed by atoms with Gasteiger partial charge in [0.2, 0.25) is 0 Å². The van der Waals surface area contributed by atoms with Crippen LogP contribution in [0.3, 0.4) is 0 Å². The average Bonchev–Trinajstić information content (AvgIpc) is 3.08. The smallest absolute Gasteiger partial charge is 0.136 e. The van der Waals surface area contributed by atoms with Gasteiger partial charge in [-0.25, -0.2) is 9.97 Å². The number of nitrogens with two attached hydrogens (primary N) is 1. The van der Waals surface area contributed by atoms with Crippen molar-refractivity contribution in [2.45, 2.75) is 44.6 Å². The monoisotopic (exact) mass is 261 g/mol. The molecule has 2 heterocycles. The molecule has 19 heavy (non-hydrogen) atoms. The number of nitrogen functional groups attached to an aromatic ring is 1. The fraction of sp³-hybridized carbons (Fsp3) is 0.714. The van der Waals surface area contributed by atoms with Crippen LogP contribution in [0.15, 0.2) is 6.07 Å². The number of hydrogen-bond acceptors (Lipinski definition) is 5. The van der Waals surface area contributed by atoms with Crippen molar-refractivity contribution in [1.82, 2.24) is 14.9 Å². The summed E-state index contributed by atoms with van der Waals surface area (Å²) in [6, 6.07) is 2.23. The number of anilines is 2. The van der Waals surface area contributed by atoms with Crippen molar-refractivity contribution in [3.63, 3.8) is 0 Å². The topological polar surface area (TPSA) is 67.1 Å². The van der Waals surface area contributed by atoms with Crippen molar-refractivity contribution in [3.05, 3.63) is 11.9 Å². The first kappa shape index (κ1) is 12.7. The van der Waals surface area contributed by atoms with E-state index in [9.17, 15) is 0 Å². The molecule has 1 saturated heterocycles. The van der Waals surface area contributed by atoms with Crippen molar-refractivity contribution >= 4 is 11.6 Å². The number of likely N-dealkylation sites (tertiary alicyclic amines) is 1. The van der Waals surface area contributed by atoms with E-state index in [-0.39, 0.29) is 0 Å². The van der Waals surface area contributed by atoms with E-state index in [4.69, 9.17) is 5.73 Å². The van der Waals surface area contributed by atoms with Gasteiger partial charge in [-0.3, -0.25) is 0 Å². The van der Waals surface area contributed by atoms with Crippen LogP contribution in [0.1, 0.15) is 44.3 Å². The lowest BCUT2D eigenvalue weighted by Gasteiger charge is -2.21. The van der Waals surface area contributed by atoms with Gasteiger partial charge in [0.25, 0.3) is 0 Å². The molecule has 2 aliphatic rings.